The molecule has 0 radical (unpaired) electrons. The maximum atomic E-state index is 13.1. The minimum absolute atomic E-state index is 0.153. The van der Waals surface area contributed by atoms with Crippen LogP contribution in [0.25, 0.3) is 0 Å². The monoisotopic (exact) mass is 332 g/mol. The van der Waals surface area contributed by atoms with Crippen molar-refractivity contribution < 1.29 is 18.4 Å². The molecule has 126 valence electrons. The van der Waals surface area contributed by atoms with Crippen LogP contribution >= 0.6 is 0 Å². The van der Waals surface area contributed by atoms with E-state index in [4.69, 9.17) is 0 Å². The summed E-state index contributed by atoms with van der Waals surface area (Å²) in [5, 5.41) is 2.65. The molecule has 2 amide bonds. The predicted molar refractivity (Wildman–Crippen MR) is 86.2 cm³/mol. The van der Waals surface area contributed by atoms with E-state index in [1.54, 1.807) is 17.0 Å². The third kappa shape index (κ3) is 5.15. The fraction of sp³-hybridized carbons (Fsp3) is 0.222. The van der Waals surface area contributed by atoms with Crippen molar-refractivity contribution in [1.29, 1.82) is 0 Å². The van der Waals surface area contributed by atoms with Gasteiger partial charge in [-0.2, -0.15) is 0 Å². The molecule has 0 heterocycles. The van der Waals surface area contributed by atoms with Crippen LogP contribution in [-0.2, 0) is 11.3 Å². The average molecular weight is 332 g/mol. The topological polar surface area (TPSA) is 49.4 Å². The molecule has 0 unspecified atom stereocenters. The van der Waals surface area contributed by atoms with E-state index < -0.39 is 11.7 Å². The number of carbonyl (C=O) groups is 2. The first-order valence-electron chi connectivity index (χ1n) is 7.49. The standard InChI is InChI=1S/C18H18F2N2O2/c1-13(23)22(12-14-5-7-16(19)8-6-14)10-9-21-18(24)15-3-2-4-17(20)11-15/h2-8,11H,9-10,12H2,1H3,(H,21,24). The zero-order chi connectivity index (χ0) is 17.5. The SMILES string of the molecule is CC(=O)N(CCNC(=O)c1cccc(F)c1)Cc1ccc(F)cc1. The van der Waals surface area contributed by atoms with Crippen molar-refractivity contribution in [1.82, 2.24) is 10.2 Å². The van der Waals surface area contributed by atoms with Crippen LogP contribution in [0.5, 0.6) is 0 Å². The number of amides is 2. The van der Waals surface area contributed by atoms with E-state index in [2.05, 4.69) is 5.32 Å². The van der Waals surface area contributed by atoms with Gasteiger partial charge in [-0.05, 0) is 35.9 Å². The highest BCUT2D eigenvalue weighted by Gasteiger charge is 2.11. The molecule has 0 fully saturated rings. The fourth-order valence-corrected chi connectivity index (χ4v) is 2.19. The Balaban J connectivity index is 1.88. The van der Waals surface area contributed by atoms with Crippen LogP contribution in [0.1, 0.15) is 22.8 Å². The highest BCUT2D eigenvalue weighted by molar-refractivity contribution is 5.94. The van der Waals surface area contributed by atoms with Gasteiger partial charge in [-0.25, -0.2) is 8.78 Å². The summed E-state index contributed by atoms with van der Waals surface area (Å²) in [5.41, 5.74) is 1.02. The smallest absolute Gasteiger partial charge is 0.251 e. The second-order valence-electron chi connectivity index (χ2n) is 5.33. The van der Waals surface area contributed by atoms with Crippen molar-refractivity contribution >= 4 is 11.8 Å². The minimum Gasteiger partial charge on any atom is -0.350 e. The van der Waals surface area contributed by atoms with Crippen molar-refractivity contribution in [2.45, 2.75) is 13.5 Å². The molecule has 0 saturated heterocycles. The van der Waals surface area contributed by atoms with Gasteiger partial charge in [0.1, 0.15) is 11.6 Å². The zero-order valence-electron chi connectivity index (χ0n) is 13.3. The summed E-state index contributed by atoms with van der Waals surface area (Å²) in [4.78, 5) is 25.2. The molecule has 2 rings (SSSR count). The van der Waals surface area contributed by atoms with Gasteiger partial charge in [-0.1, -0.05) is 18.2 Å². The third-order valence-electron chi connectivity index (χ3n) is 3.49. The Morgan fingerprint density at radius 1 is 1.04 bits per heavy atom. The molecule has 0 atom stereocenters. The molecule has 0 aliphatic rings. The highest BCUT2D eigenvalue weighted by Crippen LogP contribution is 2.07. The van der Waals surface area contributed by atoms with Crippen LogP contribution < -0.4 is 5.32 Å². The summed E-state index contributed by atoms with van der Waals surface area (Å²) in [5.74, 6) is -1.38. The van der Waals surface area contributed by atoms with E-state index in [0.717, 1.165) is 11.6 Å². The minimum atomic E-state index is -0.482. The van der Waals surface area contributed by atoms with Crippen molar-refractivity contribution in [2.24, 2.45) is 0 Å². The number of rotatable bonds is 6. The molecule has 1 N–H and O–H groups in total. The van der Waals surface area contributed by atoms with Gasteiger partial charge in [0.05, 0.1) is 0 Å². The number of halogens is 2. The largest absolute Gasteiger partial charge is 0.350 e. The first kappa shape index (κ1) is 17.6. The van der Waals surface area contributed by atoms with Gasteiger partial charge in [0.15, 0.2) is 0 Å². The summed E-state index contributed by atoms with van der Waals surface area (Å²) < 4.78 is 26.0. The lowest BCUT2D eigenvalue weighted by Gasteiger charge is -2.21. The molecule has 0 spiro atoms. The average Bonchev–Trinajstić information content (AvgIpc) is 2.55. The second-order valence-corrected chi connectivity index (χ2v) is 5.33. The lowest BCUT2D eigenvalue weighted by atomic mass is 10.2. The molecule has 0 bridgehead atoms. The Bertz CT molecular complexity index is 717. The Morgan fingerprint density at radius 3 is 2.38 bits per heavy atom. The summed E-state index contributed by atoms with van der Waals surface area (Å²) >= 11 is 0. The van der Waals surface area contributed by atoms with Crippen LogP contribution in [0.3, 0.4) is 0 Å². The van der Waals surface area contributed by atoms with Gasteiger partial charge in [-0.15, -0.1) is 0 Å². The van der Waals surface area contributed by atoms with Gasteiger partial charge >= 0.3 is 0 Å². The molecule has 6 heteroatoms. The van der Waals surface area contributed by atoms with Gasteiger partial charge in [0.2, 0.25) is 5.91 Å². The van der Waals surface area contributed by atoms with Crippen molar-refractivity contribution in [3.8, 4) is 0 Å². The number of nitrogens with one attached hydrogen (secondary N) is 1. The highest BCUT2D eigenvalue weighted by atomic mass is 19.1. The number of nitrogens with zero attached hydrogens (tertiary/aromatic N) is 1. The number of benzene rings is 2. The lowest BCUT2D eigenvalue weighted by Crippen LogP contribution is -2.37. The van der Waals surface area contributed by atoms with Crippen LogP contribution in [0, 0.1) is 11.6 Å². The summed E-state index contributed by atoms with van der Waals surface area (Å²) in [7, 11) is 0. The quantitative estimate of drug-likeness (QED) is 0.884. The third-order valence-corrected chi connectivity index (χ3v) is 3.49. The molecule has 0 aliphatic heterocycles. The van der Waals surface area contributed by atoms with E-state index in [-0.39, 0.29) is 23.8 Å². The Morgan fingerprint density at radius 2 is 1.75 bits per heavy atom. The van der Waals surface area contributed by atoms with Crippen LogP contribution in [-0.4, -0.2) is 29.8 Å². The number of hydrogen-bond donors (Lipinski definition) is 1. The fourth-order valence-electron chi connectivity index (χ4n) is 2.19. The van der Waals surface area contributed by atoms with E-state index in [9.17, 15) is 18.4 Å². The van der Waals surface area contributed by atoms with Crippen LogP contribution in [0.2, 0.25) is 0 Å². The van der Waals surface area contributed by atoms with E-state index in [1.807, 2.05) is 0 Å². The second kappa shape index (κ2) is 8.19. The summed E-state index contributed by atoms with van der Waals surface area (Å²) in [6, 6.07) is 11.3. The van der Waals surface area contributed by atoms with E-state index in [0.29, 0.717) is 13.1 Å². The first-order valence-corrected chi connectivity index (χ1v) is 7.49. The molecular weight excluding hydrogens is 314 g/mol. The lowest BCUT2D eigenvalue weighted by molar-refractivity contribution is -0.129. The molecule has 24 heavy (non-hydrogen) atoms. The summed E-state index contributed by atoms with van der Waals surface area (Å²) in [6.07, 6.45) is 0. The van der Waals surface area contributed by atoms with Crippen LogP contribution in [0.15, 0.2) is 48.5 Å². The van der Waals surface area contributed by atoms with Gasteiger partial charge in [0.25, 0.3) is 5.91 Å². The maximum Gasteiger partial charge on any atom is 0.251 e. The van der Waals surface area contributed by atoms with Crippen molar-refractivity contribution in [2.75, 3.05) is 13.1 Å². The van der Waals surface area contributed by atoms with Crippen molar-refractivity contribution in [3.05, 3.63) is 71.3 Å². The maximum absolute atomic E-state index is 13.1. The Kier molecular flexibility index (Phi) is 6.01. The van der Waals surface area contributed by atoms with E-state index in [1.165, 1.54) is 37.3 Å². The molecule has 0 saturated carbocycles. The van der Waals surface area contributed by atoms with Crippen molar-refractivity contribution in [3.63, 3.8) is 0 Å². The molecular formula is C18H18F2N2O2. The zero-order valence-corrected chi connectivity index (χ0v) is 13.3. The Hall–Kier alpha value is -2.76. The first-order chi connectivity index (χ1) is 11.5. The van der Waals surface area contributed by atoms with Crippen LogP contribution in [0.4, 0.5) is 8.78 Å². The van der Waals surface area contributed by atoms with Gasteiger partial charge < -0.3 is 10.2 Å². The molecule has 0 aliphatic carbocycles. The van der Waals surface area contributed by atoms with Gasteiger partial charge in [-0.3, -0.25) is 9.59 Å². The Labute approximate surface area is 139 Å². The number of carbonyl (C=O) groups excluding carboxylic acids is 2. The molecule has 4 nitrogen and oxygen atoms in total. The van der Waals surface area contributed by atoms with Gasteiger partial charge in [0, 0.05) is 32.1 Å². The predicted octanol–water partition coefficient (Wildman–Crippen LogP) is 2.74. The summed E-state index contributed by atoms with van der Waals surface area (Å²) in [6.45, 7) is 2.28. The molecule has 2 aromatic carbocycles. The molecule has 2 aromatic rings. The van der Waals surface area contributed by atoms with E-state index >= 15 is 0 Å². The normalized spacial score (nSPS) is 10.3. The molecule has 0 aromatic heterocycles. The number of hydrogen-bond acceptors (Lipinski definition) is 2.